The first kappa shape index (κ1) is 9.90. The van der Waals surface area contributed by atoms with Gasteiger partial charge in [-0.3, -0.25) is 0 Å². The molecular formula is C12H15N3. The second-order valence-electron chi connectivity index (χ2n) is 3.57. The van der Waals surface area contributed by atoms with Crippen LogP contribution in [0.1, 0.15) is 18.4 Å². The molecule has 78 valence electrons. The molecule has 3 heteroatoms. The summed E-state index contributed by atoms with van der Waals surface area (Å²) in [5, 5.41) is 8.13. The summed E-state index contributed by atoms with van der Waals surface area (Å²) in [5.41, 5.74) is 1.41. The molecule has 0 saturated carbocycles. The van der Waals surface area contributed by atoms with Gasteiger partial charge in [-0.05, 0) is 24.8 Å². The van der Waals surface area contributed by atoms with Crippen LogP contribution in [-0.2, 0) is 13.0 Å². The highest BCUT2D eigenvalue weighted by Crippen LogP contribution is 2.04. The van der Waals surface area contributed by atoms with E-state index in [1.165, 1.54) is 12.0 Å². The number of rotatable bonds is 5. The molecule has 0 aliphatic heterocycles. The number of hydrogen-bond donors (Lipinski definition) is 0. The van der Waals surface area contributed by atoms with Crippen molar-refractivity contribution in [3.63, 3.8) is 0 Å². The van der Waals surface area contributed by atoms with Crippen LogP contribution in [0.25, 0.3) is 0 Å². The summed E-state index contributed by atoms with van der Waals surface area (Å²) in [5.74, 6) is 0. The Balaban J connectivity index is 1.68. The minimum Gasteiger partial charge on any atom is -0.185 e. The molecule has 2 rings (SSSR count). The lowest BCUT2D eigenvalue weighted by Crippen LogP contribution is -2.02. The SMILES string of the molecule is c1ccc(CCCCn2nccn2)cc1. The maximum atomic E-state index is 4.07. The van der Waals surface area contributed by atoms with Gasteiger partial charge in [0, 0.05) is 0 Å². The quantitative estimate of drug-likeness (QED) is 0.695. The van der Waals surface area contributed by atoms with Crippen LogP contribution < -0.4 is 0 Å². The minimum atomic E-state index is 0.917. The summed E-state index contributed by atoms with van der Waals surface area (Å²) in [6.45, 7) is 0.917. The van der Waals surface area contributed by atoms with Gasteiger partial charge >= 0.3 is 0 Å². The van der Waals surface area contributed by atoms with Crippen LogP contribution in [0.5, 0.6) is 0 Å². The molecule has 0 aliphatic rings. The molecule has 15 heavy (non-hydrogen) atoms. The molecule has 1 heterocycles. The van der Waals surface area contributed by atoms with Crippen LogP contribution in [-0.4, -0.2) is 15.0 Å². The van der Waals surface area contributed by atoms with Gasteiger partial charge in [0.25, 0.3) is 0 Å². The van der Waals surface area contributed by atoms with Crippen molar-refractivity contribution in [3.05, 3.63) is 48.3 Å². The molecule has 0 atom stereocenters. The number of unbranched alkanes of at least 4 members (excludes halogenated alkanes) is 1. The highest BCUT2D eigenvalue weighted by Gasteiger charge is 1.94. The second kappa shape index (κ2) is 5.29. The zero-order valence-electron chi connectivity index (χ0n) is 8.71. The van der Waals surface area contributed by atoms with Crippen LogP contribution in [0.15, 0.2) is 42.7 Å². The minimum absolute atomic E-state index is 0.917. The summed E-state index contributed by atoms with van der Waals surface area (Å²) in [6.07, 6.45) is 6.89. The van der Waals surface area contributed by atoms with Crippen molar-refractivity contribution in [2.24, 2.45) is 0 Å². The van der Waals surface area contributed by atoms with Crippen LogP contribution in [0.3, 0.4) is 0 Å². The zero-order valence-corrected chi connectivity index (χ0v) is 8.71. The van der Waals surface area contributed by atoms with E-state index in [-0.39, 0.29) is 0 Å². The van der Waals surface area contributed by atoms with Gasteiger partial charge in [-0.1, -0.05) is 30.3 Å². The first-order valence-electron chi connectivity index (χ1n) is 5.33. The summed E-state index contributed by atoms with van der Waals surface area (Å²) in [6, 6.07) is 10.6. The summed E-state index contributed by atoms with van der Waals surface area (Å²) >= 11 is 0. The standard InChI is InChI=1S/C12H15N3/c1-2-6-12(7-3-1)8-4-5-11-15-13-9-10-14-15/h1-3,6-7,9-10H,4-5,8,11H2. The number of nitrogens with zero attached hydrogens (tertiary/aromatic N) is 3. The predicted molar refractivity (Wildman–Crippen MR) is 59.4 cm³/mol. The van der Waals surface area contributed by atoms with Crippen molar-refractivity contribution in [2.75, 3.05) is 0 Å². The van der Waals surface area contributed by atoms with Crippen LogP contribution >= 0.6 is 0 Å². The van der Waals surface area contributed by atoms with Crippen LogP contribution in [0, 0.1) is 0 Å². The molecule has 2 aromatic rings. The van der Waals surface area contributed by atoms with E-state index in [0.29, 0.717) is 0 Å². The van der Waals surface area contributed by atoms with Gasteiger partial charge in [-0.25, -0.2) is 0 Å². The molecule has 0 saturated heterocycles. The van der Waals surface area contributed by atoms with Crippen molar-refractivity contribution in [1.82, 2.24) is 15.0 Å². The molecule has 3 nitrogen and oxygen atoms in total. The smallest absolute Gasteiger partial charge is 0.0693 e. The lowest BCUT2D eigenvalue weighted by molar-refractivity contribution is 0.499. The van der Waals surface area contributed by atoms with E-state index in [1.807, 2.05) is 0 Å². The van der Waals surface area contributed by atoms with Gasteiger partial charge in [0.15, 0.2) is 0 Å². The van der Waals surface area contributed by atoms with E-state index in [4.69, 9.17) is 0 Å². The largest absolute Gasteiger partial charge is 0.185 e. The third-order valence-corrected chi connectivity index (χ3v) is 2.38. The normalized spacial score (nSPS) is 10.4. The van der Waals surface area contributed by atoms with Crippen molar-refractivity contribution < 1.29 is 0 Å². The Bertz CT molecular complexity index is 367. The van der Waals surface area contributed by atoms with Gasteiger partial charge < -0.3 is 0 Å². The molecule has 0 unspecified atom stereocenters. The van der Waals surface area contributed by atoms with Crippen LogP contribution in [0.2, 0.25) is 0 Å². The molecule has 0 radical (unpaired) electrons. The number of aryl methyl sites for hydroxylation is 2. The summed E-state index contributed by atoms with van der Waals surface area (Å²) < 4.78 is 0. The second-order valence-corrected chi connectivity index (χ2v) is 3.57. The number of hydrogen-bond acceptors (Lipinski definition) is 2. The molecule has 0 bridgehead atoms. The van der Waals surface area contributed by atoms with Gasteiger partial charge in [0.2, 0.25) is 0 Å². The first-order valence-corrected chi connectivity index (χ1v) is 5.33. The first-order chi connectivity index (χ1) is 7.45. The van der Waals surface area contributed by atoms with E-state index < -0.39 is 0 Å². The van der Waals surface area contributed by atoms with Crippen LogP contribution in [0.4, 0.5) is 0 Å². The Kier molecular flexibility index (Phi) is 3.49. The van der Waals surface area contributed by atoms with Crippen molar-refractivity contribution in [2.45, 2.75) is 25.8 Å². The van der Waals surface area contributed by atoms with Gasteiger partial charge in [-0.15, -0.1) is 0 Å². The average molecular weight is 201 g/mol. The Morgan fingerprint density at radius 3 is 2.40 bits per heavy atom. The monoisotopic (exact) mass is 201 g/mol. The summed E-state index contributed by atoms with van der Waals surface area (Å²) in [7, 11) is 0. The van der Waals surface area contributed by atoms with E-state index >= 15 is 0 Å². The topological polar surface area (TPSA) is 30.7 Å². The number of aromatic nitrogens is 3. The van der Waals surface area contributed by atoms with Gasteiger partial charge in [0.1, 0.15) is 0 Å². The Labute approximate surface area is 89.7 Å². The molecular weight excluding hydrogens is 186 g/mol. The molecule has 0 amide bonds. The molecule has 1 aromatic heterocycles. The highest BCUT2D eigenvalue weighted by molar-refractivity contribution is 5.14. The van der Waals surface area contributed by atoms with Crippen molar-refractivity contribution in [1.29, 1.82) is 0 Å². The fraction of sp³-hybridized carbons (Fsp3) is 0.333. The maximum absolute atomic E-state index is 4.07. The van der Waals surface area contributed by atoms with E-state index in [9.17, 15) is 0 Å². The molecule has 1 aromatic carbocycles. The molecule has 0 fully saturated rings. The van der Waals surface area contributed by atoms with E-state index in [2.05, 4.69) is 40.5 Å². The molecule has 0 N–H and O–H groups in total. The van der Waals surface area contributed by atoms with Crippen molar-refractivity contribution in [3.8, 4) is 0 Å². The average Bonchev–Trinajstić information content (AvgIpc) is 2.79. The zero-order chi connectivity index (χ0) is 10.3. The fourth-order valence-electron chi connectivity index (χ4n) is 1.59. The maximum Gasteiger partial charge on any atom is 0.0693 e. The number of benzene rings is 1. The predicted octanol–water partition coefficient (Wildman–Crippen LogP) is 2.30. The van der Waals surface area contributed by atoms with Crippen molar-refractivity contribution >= 4 is 0 Å². The lowest BCUT2D eigenvalue weighted by atomic mass is 10.1. The van der Waals surface area contributed by atoms with E-state index in [0.717, 1.165) is 19.4 Å². The summed E-state index contributed by atoms with van der Waals surface area (Å²) in [4.78, 5) is 1.74. The molecule has 0 spiro atoms. The fourth-order valence-corrected chi connectivity index (χ4v) is 1.59. The third kappa shape index (κ3) is 3.20. The molecule has 0 aliphatic carbocycles. The Morgan fingerprint density at radius 2 is 1.67 bits per heavy atom. The van der Waals surface area contributed by atoms with E-state index in [1.54, 1.807) is 17.2 Å². The Hall–Kier alpha value is -1.64. The highest BCUT2D eigenvalue weighted by atomic mass is 15.5. The Morgan fingerprint density at radius 1 is 0.933 bits per heavy atom. The van der Waals surface area contributed by atoms with Gasteiger partial charge in [0.05, 0.1) is 18.9 Å². The van der Waals surface area contributed by atoms with Gasteiger partial charge in [-0.2, -0.15) is 15.0 Å². The lowest BCUT2D eigenvalue weighted by Gasteiger charge is -2.01. The third-order valence-electron chi connectivity index (χ3n) is 2.38.